The lowest BCUT2D eigenvalue weighted by molar-refractivity contribution is -0.384. The minimum absolute atomic E-state index is 0.0145. The standard InChI is InChI=1S/C17H18ClN3O6S/c1-2-8-19-28(25,26)14-6-7-16(15(18)10-14)27-11-17(22)20-12-4-3-5-13(9-12)21(23)24/h3-7,9-10,19H,2,8,11H2,1H3,(H,20,22). The van der Waals surface area contributed by atoms with E-state index in [1.165, 1.54) is 42.5 Å². The highest BCUT2D eigenvalue weighted by Crippen LogP contribution is 2.27. The molecule has 0 atom stereocenters. The maximum atomic E-state index is 12.1. The molecule has 0 aliphatic rings. The largest absolute Gasteiger partial charge is 0.482 e. The second-order valence-corrected chi connectivity index (χ2v) is 7.81. The van der Waals surface area contributed by atoms with E-state index in [-0.39, 0.29) is 27.0 Å². The number of nitro benzene ring substituents is 1. The summed E-state index contributed by atoms with van der Waals surface area (Å²) in [4.78, 5) is 22.1. The fraction of sp³-hybridized carbons (Fsp3) is 0.235. The van der Waals surface area contributed by atoms with E-state index in [0.29, 0.717) is 13.0 Å². The molecule has 9 nitrogen and oxygen atoms in total. The number of sulfonamides is 1. The van der Waals surface area contributed by atoms with Gasteiger partial charge in [0.2, 0.25) is 10.0 Å². The van der Waals surface area contributed by atoms with Crippen LogP contribution < -0.4 is 14.8 Å². The van der Waals surface area contributed by atoms with Gasteiger partial charge in [0.25, 0.3) is 11.6 Å². The molecule has 0 saturated carbocycles. The van der Waals surface area contributed by atoms with Gasteiger partial charge in [0, 0.05) is 24.4 Å². The smallest absolute Gasteiger partial charge is 0.271 e. The molecule has 150 valence electrons. The van der Waals surface area contributed by atoms with Crippen molar-refractivity contribution in [2.45, 2.75) is 18.2 Å². The van der Waals surface area contributed by atoms with Crippen LogP contribution in [0.25, 0.3) is 0 Å². The molecule has 2 rings (SSSR count). The Morgan fingerprint density at radius 1 is 1.25 bits per heavy atom. The van der Waals surface area contributed by atoms with Crippen molar-refractivity contribution >= 4 is 38.9 Å². The van der Waals surface area contributed by atoms with Crippen LogP contribution in [-0.2, 0) is 14.8 Å². The lowest BCUT2D eigenvalue weighted by Gasteiger charge is -2.11. The van der Waals surface area contributed by atoms with Crippen LogP contribution in [0.4, 0.5) is 11.4 Å². The van der Waals surface area contributed by atoms with Crippen LogP contribution in [0, 0.1) is 10.1 Å². The van der Waals surface area contributed by atoms with E-state index in [2.05, 4.69) is 10.0 Å². The van der Waals surface area contributed by atoms with Gasteiger partial charge in [-0.15, -0.1) is 0 Å². The Labute approximate surface area is 166 Å². The van der Waals surface area contributed by atoms with E-state index < -0.39 is 27.5 Å². The van der Waals surface area contributed by atoms with Gasteiger partial charge in [0.05, 0.1) is 14.8 Å². The molecule has 0 aromatic heterocycles. The van der Waals surface area contributed by atoms with Crippen molar-refractivity contribution in [3.05, 3.63) is 57.6 Å². The number of halogens is 1. The maximum Gasteiger partial charge on any atom is 0.271 e. The Kier molecular flexibility index (Phi) is 7.32. The molecule has 0 heterocycles. The van der Waals surface area contributed by atoms with E-state index in [9.17, 15) is 23.3 Å². The Morgan fingerprint density at radius 2 is 2.00 bits per heavy atom. The van der Waals surface area contributed by atoms with Crippen molar-refractivity contribution in [1.29, 1.82) is 0 Å². The highest BCUT2D eigenvalue weighted by atomic mass is 35.5. The first kappa shape index (κ1) is 21.6. The summed E-state index contributed by atoms with van der Waals surface area (Å²) >= 11 is 6.04. The van der Waals surface area contributed by atoms with Gasteiger partial charge in [-0.25, -0.2) is 13.1 Å². The van der Waals surface area contributed by atoms with E-state index >= 15 is 0 Å². The number of hydrogen-bond donors (Lipinski definition) is 2. The van der Waals surface area contributed by atoms with Crippen molar-refractivity contribution in [3.63, 3.8) is 0 Å². The SMILES string of the molecule is CCCNS(=O)(=O)c1ccc(OCC(=O)Nc2cccc([N+](=O)[O-])c2)c(Cl)c1. The molecular formula is C17H18ClN3O6S. The summed E-state index contributed by atoms with van der Waals surface area (Å²) in [7, 11) is -3.67. The molecule has 0 aliphatic heterocycles. The molecular weight excluding hydrogens is 410 g/mol. The second-order valence-electron chi connectivity index (χ2n) is 5.63. The van der Waals surface area contributed by atoms with Crippen LogP contribution in [0.5, 0.6) is 5.75 Å². The summed E-state index contributed by atoms with van der Waals surface area (Å²) in [5.74, 6) is -0.428. The first-order valence-electron chi connectivity index (χ1n) is 8.19. The van der Waals surface area contributed by atoms with Crippen molar-refractivity contribution in [2.75, 3.05) is 18.5 Å². The third kappa shape index (κ3) is 5.91. The van der Waals surface area contributed by atoms with E-state index in [0.717, 1.165) is 0 Å². The number of rotatable bonds is 9. The fourth-order valence-electron chi connectivity index (χ4n) is 2.12. The topological polar surface area (TPSA) is 128 Å². The zero-order chi connectivity index (χ0) is 20.7. The number of nitrogens with zero attached hydrogens (tertiary/aromatic N) is 1. The first-order valence-corrected chi connectivity index (χ1v) is 10.1. The highest BCUT2D eigenvalue weighted by molar-refractivity contribution is 7.89. The van der Waals surface area contributed by atoms with Gasteiger partial charge in [-0.2, -0.15) is 0 Å². The number of ether oxygens (including phenoxy) is 1. The van der Waals surface area contributed by atoms with Gasteiger partial charge < -0.3 is 10.1 Å². The zero-order valence-corrected chi connectivity index (χ0v) is 16.4. The Hall–Kier alpha value is -2.69. The maximum absolute atomic E-state index is 12.1. The van der Waals surface area contributed by atoms with Crippen LogP contribution in [0.1, 0.15) is 13.3 Å². The minimum Gasteiger partial charge on any atom is -0.482 e. The van der Waals surface area contributed by atoms with Crippen LogP contribution in [0.2, 0.25) is 5.02 Å². The van der Waals surface area contributed by atoms with E-state index in [1.807, 2.05) is 6.92 Å². The Morgan fingerprint density at radius 3 is 2.64 bits per heavy atom. The average Bonchev–Trinajstić information content (AvgIpc) is 2.65. The molecule has 2 aromatic carbocycles. The first-order chi connectivity index (χ1) is 13.2. The van der Waals surface area contributed by atoms with Crippen molar-refractivity contribution in [3.8, 4) is 5.75 Å². The number of carbonyl (C=O) groups is 1. The Balaban J connectivity index is 2.00. The second kappa shape index (κ2) is 9.49. The Bertz CT molecular complexity index is 981. The third-order valence-corrected chi connectivity index (χ3v) is 5.21. The van der Waals surface area contributed by atoms with Gasteiger partial charge in [-0.05, 0) is 30.7 Å². The van der Waals surface area contributed by atoms with E-state index in [1.54, 1.807) is 0 Å². The van der Waals surface area contributed by atoms with Gasteiger partial charge in [0.1, 0.15) is 5.75 Å². The molecule has 0 aliphatic carbocycles. The zero-order valence-electron chi connectivity index (χ0n) is 14.8. The summed E-state index contributed by atoms with van der Waals surface area (Å²) in [5, 5.41) is 13.2. The van der Waals surface area contributed by atoms with Gasteiger partial charge in [-0.3, -0.25) is 14.9 Å². The summed E-state index contributed by atoms with van der Waals surface area (Å²) in [5.41, 5.74) is 0.0904. The molecule has 0 radical (unpaired) electrons. The number of nitro groups is 1. The predicted octanol–water partition coefficient (Wildman–Crippen LogP) is 2.95. The molecule has 2 aromatic rings. The monoisotopic (exact) mass is 427 g/mol. The summed E-state index contributed by atoms with van der Waals surface area (Å²) in [6, 6.07) is 9.36. The quantitative estimate of drug-likeness (QED) is 0.467. The summed E-state index contributed by atoms with van der Waals surface area (Å²) in [6.45, 7) is 1.73. The van der Waals surface area contributed by atoms with Crippen molar-refractivity contribution < 1.29 is 22.9 Å². The number of amides is 1. The fourth-order valence-corrected chi connectivity index (χ4v) is 3.58. The number of carbonyl (C=O) groups excluding carboxylic acids is 1. The molecule has 0 fully saturated rings. The molecule has 0 spiro atoms. The molecule has 28 heavy (non-hydrogen) atoms. The average molecular weight is 428 g/mol. The van der Waals surface area contributed by atoms with Crippen LogP contribution in [-0.4, -0.2) is 32.4 Å². The van der Waals surface area contributed by atoms with Crippen molar-refractivity contribution in [1.82, 2.24) is 4.72 Å². The molecule has 11 heteroatoms. The van der Waals surface area contributed by atoms with Crippen LogP contribution in [0.3, 0.4) is 0 Å². The third-order valence-electron chi connectivity index (χ3n) is 3.46. The van der Waals surface area contributed by atoms with E-state index in [4.69, 9.17) is 16.3 Å². The molecule has 0 saturated heterocycles. The molecule has 1 amide bonds. The van der Waals surface area contributed by atoms with Gasteiger partial charge >= 0.3 is 0 Å². The molecule has 0 unspecified atom stereocenters. The summed E-state index contributed by atoms with van der Waals surface area (Å²) in [6.07, 6.45) is 0.647. The number of anilines is 1. The number of non-ortho nitro benzene ring substituents is 1. The normalized spacial score (nSPS) is 11.1. The molecule has 2 N–H and O–H groups in total. The predicted molar refractivity (Wildman–Crippen MR) is 104 cm³/mol. The van der Waals surface area contributed by atoms with Gasteiger partial charge in [-0.1, -0.05) is 24.6 Å². The lowest BCUT2D eigenvalue weighted by atomic mass is 10.3. The minimum atomic E-state index is -3.67. The van der Waals surface area contributed by atoms with Gasteiger partial charge in [0.15, 0.2) is 6.61 Å². The van der Waals surface area contributed by atoms with Crippen molar-refractivity contribution in [2.24, 2.45) is 0 Å². The number of hydrogen-bond acceptors (Lipinski definition) is 6. The lowest BCUT2D eigenvalue weighted by Crippen LogP contribution is -2.24. The molecule has 0 bridgehead atoms. The van der Waals surface area contributed by atoms with Crippen LogP contribution in [0.15, 0.2) is 47.4 Å². The number of benzene rings is 2. The summed E-state index contributed by atoms with van der Waals surface area (Å²) < 4.78 is 31.9. The number of nitrogens with one attached hydrogen (secondary N) is 2. The highest BCUT2D eigenvalue weighted by Gasteiger charge is 2.16. The van der Waals surface area contributed by atoms with Crippen LogP contribution >= 0.6 is 11.6 Å².